The highest BCUT2D eigenvalue weighted by atomic mass is 19.0. The van der Waals surface area contributed by atoms with Gasteiger partial charge in [0.1, 0.15) is 6.26 Å². The van der Waals surface area contributed by atoms with E-state index < -0.39 is 0 Å². The molecule has 0 fully saturated rings. The van der Waals surface area contributed by atoms with Gasteiger partial charge in [0.05, 0.1) is 6.20 Å². The second-order valence-corrected chi connectivity index (χ2v) is 2.38. The number of aromatic nitrogens is 1. The van der Waals surface area contributed by atoms with E-state index >= 15 is 0 Å². The van der Waals surface area contributed by atoms with Gasteiger partial charge in [0.2, 0.25) is 0 Å². The zero-order valence-electron chi connectivity index (χ0n) is 6.75. The first-order valence-corrected chi connectivity index (χ1v) is 3.82. The van der Waals surface area contributed by atoms with E-state index in [0.717, 1.165) is 12.3 Å². The van der Waals surface area contributed by atoms with Crippen LogP contribution in [-0.2, 0) is 6.42 Å². The number of hydrogen-bond acceptors (Lipinski definition) is 2. The molecule has 0 aromatic carbocycles. The van der Waals surface area contributed by atoms with Crippen molar-refractivity contribution in [3.8, 4) is 0 Å². The molecule has 0 atom stereocenters. The molecule has 0 aliphatic rings. The van der Waals surface area contributed by atoms with E-state index in [9.17, 15) is 0 Å². The minimum Gasteiger partial charge on any atom is -0.449 e. The lowest BCUT2D eigenvalue weighted by Gasteiger charge is -1.91. The SMILES string of the molecule is CCCCCc1ncco1.F. The molecule has 64 valence electrons. The van der Waals surface area contributed by atoms with Crippen LogP contribution in [0.2, 0.25) is 0 Å². The number of rotatable bonds is 4. The Bertz CT molecular complexity index is 163. The Labute approximate surface area is 66.0 Å². The normalized spacial score (nSPS) is 9.18. The Morgan fingerprint density at radius 3 is 2.82 bits per heavy atom. The average Bonchev–Trinajstić information content (AvgIpc) is 2.41. The minimum atomic E-state index is 0. The molecular formula is C8H14FNO. The maximum absolute atomic E-state index is 5.07. The van der Waals surface area contributed by atoms with Crippen molar-refractivity contribution in [2.24, 2.45) is 0 Å². The molecular weight excluding hydrogens is 145 g/mol. The molecule has 0 saturated carbocycles. The predicted octanol–water partition coefficient (Wildman–Crippen LogP) is 2.56. The molecule has 1 heterocycles. The molecule has 0 amide bonds. The summed E-state index contributed by atoms with van der Waals surface area (Å²) in [6, 6.07) is 0. The topological polar surface area (TPSA) is 26.0 Å². The summed E-state index contributed by atoms with van der Waals surface area (Å²) < 4.78 is 5.07. The predicted molar refractivity (Wildman–Crippen MR) is 42.2 cm³/mol. The molecule has 1 aromatic rings. The maximum atomic E-state index is 5.07. The van der Waals surface area contributed by atoms with E-state index in [0.29, 0.717) is 0 Å². The summed E-state index contributed by atoms with van der Waals surface area (Å²) in [6.07, 6.45) is 8.02. The van der Waals surface area contributed by atoms with Crippen molar-refractivity contribution >= 4 is 0 Å². The molecule has 0 bridgehead atoms. The van der Waals surface area contributed by atoms with Crippen LogP contribution in [0, 0.1) is 0 Å². The van der Waals surface area contributed by atoms with Crippen molar-refractivity contribution in [3.05, 3.63) is 18.4 Å². The standard InChI is InChI=1S/C8H13NO.FH/c1-2-3-4-5-8-9-6-7-10-8;/h6-7H,2-5H2,1H3;1H. The minimum absolute atomic E-state index is 0. The third-order valence-electron chi connectivity index (χ3n) is 1.48. The van der Waals surface area contributed by atoms with E-state index in [-0.39, 0.29) is 4.70 Å². The van der Waals surface area contributed by atoms with Gasteiger partial charge in [-0.15, -0.1) is 0 Å². The van der Waals surface area contributed by atoms with Crippen LogP contribution in [0.5, 0.6) is 0 Å². The number of halogens is 1. The van der Waals surface area contributed by atoms with Crippen LogP contribution in [0.15, 0.2) is 16.9 Å². The smallest absolute Gasteiger partial charge is 0.193 e. The fourth-order valence-electron chi connectivity index (χ4n) is 0.903. The third-order valence-corrected chi connectivity index (χ3v) is 1.48. The van der Waals surface area contributed by atoms with Crippen molar-refractivity contribution in [2.45, 2.75) is 32.6 Å². The molecule has 3 heteroatoms. The van der Waals surface area contributed by atoms with Gasteiger partial charge in [-0.05, 0) is 6.42 Å². The van der Waals surface area contributed by atoms with E-state index in [2.05, 4.69) is 11.9 Å². The Balaban J connectivity index is 0.000001000. The third kappa shape index (κ3) is 3.75. The summed E-state index contributed by atoms with van der Waals surface area (Å²) in [5.41, 5.74) is 0. The average molecular weight is 159 g/mol. The lowest BCUT2D eigenvalue weighted by Crippen LogP contribution is -1.83. The monoisotopic (exact) mass is 159 g/mol. The van der Waals surface area contributed by atoms with E-state index in [1.165, 1.54) is 19.3 Å². The molecule has 2 nitrogen and oxygen atoms in total. The first-order valence-electron chi connectivity index (χ1n) is 3.82. The summed E-state index contributed by atoms with van der Waals surface area (Å²) in [6.45, 7) is 2.19. The van der Waals surface area contributed by atoms with Gasteiger partial charge < -0.3 is 4.42 Å². The van der Waals surface area contributed by atoms with Crippen LogP contribution >= 0.6 is 0 Å². The molecule has 0 saturated heterocycles. The molecule has 0 radical (unpaired) electrons. The van der Waals surface area contributed by atoms with Crippen molar-refractivity contribution in [3.63, 3.8) is 0 Å². The van der Waals surface area contributed by atoms with Gasteiger partial charge in [0.15, 0.2) is 5.89 Å². The quantitative estimate of drug-likeness (QED) is 0.631. The second-order valence-electron chi connectivity index (χ2n) is 2.38. The Morgan fingerprint density at radius 2 is 2.27 bits per heavy atom. The number of aryl methyl sites for hydroxylation is 1. The van der Waals surface area contributed by atoms with Crippen LogP contribution in [0.3, 0.4) is 0 Å². The fourth-order valence-corrected chi connectivity index (χ4v) is 0.903. The van der Waals surface area contributed by atoms with Gasteiger partial charge in [-0.3, -0.25) is 4.70 Å². The summed E-state index contributed by atoms with van der Waals surface area (Å²) in [4.78, 5) is 4.02. The van der Waals surface area contributed by atoms with E-state index in [1.807, 2.05) is 0 Å². The fraction of sp³-hybridized carbons (Fsp3) is 0.625. The lowest BCUT2D eigenvalue weighted by molar-refractivity contribution is 0.482. The first kappa shape index (κ1) is 10.1. The summed E-state index contributed by atoms with van der Waals surface area (Å²) in [5, 5.41) is 0. The van der Waals surface area contributed by atoms with Crippen LogP contribution in [0.25, 0.3) is 0 Å². The molecule has 0 spiro atoms. The van der Waals surface area contributed by atoms with Crippen LogP contribution in [-0.4, -0.2) is 4.98 Å². The maximum Gasteiger partial charge on any atom is 0.193 e. The highest BCUT2D eigenvalue weighted by Crippen LogP contribution is 2.02. The van der Waals surface area contributed by atoms with Crippen molar-refractivity contribution in [2.75, 3.05) is 0 Å². The van der Waals surface area contributed by atoms with Crippen LogP contribution in [0.4, 0.5) is 4.70 Å². The summed E-state index contributed by atoms with van der Waals surface area (Å²) in [7, 11) is 0. The van der Waals surface area contributed by atoms with Crippen molar-refractivity contribution in [1.29, 1.82) is 0 Å². The van der Waals surface area contributed by atoms with Gasteiger partial charge in [-0.1, -0.05) is 19.8 Å². The number of hydrogen-bond donors (Lipinski definition) is 0. The van der Waals surface area contributed by atoms with Gasteiger partial charge in [-0.2, -0.15) is 0 Å². The molecule has 0 aliphatic heterocycles. The van der Waals surface area contributed by atoms with Gasteiger partial charge in [-0.25, -0.2) is 4.98 Å². The highest BCUT2D eigenvalue weighted by molar-refractivity contribution is 4.79. The second kappa shape index (κ2) is 5.89. The van der Waals surface area contributed by atoms with Crippen LogP contribution < -0.4 is 0 Å². The van der Waals surface area contributed by atoms with Crippen molar-refractivity contribution in [1.82, 2.24) is 4.98 Å². The summed E-state index contributed by atoms with van der Waals surface area (Å²) >= 11 is 0. The van der Waals surface area contributed by atoms with Gasteiger partial charge in [0.25, 0.3) is 0 Å². The largest absolute Gasteiger partial charge is 0.449 e. The molecule has 0 unspecified atom stereocenters. The van der Waals surface area contributed by atoms with E-state index in [1.54, 1.807) is 12.5 Å². The first-order chi connectivity index (χ1) is 4.93. The number of nitrogens with zero attached hydrogens (tertiary/aromatic N) is 1. The van der Waals surface area contributed by atoms with Gasteiger partial charge in [0, 0.05) is 6.42 Å². The Hall–Kier alpha value is -0.860. The zero-order valence-corrected chi connectivity index (χ0v) is 6.75. The lowest BCUT2D eigenvalue weighted by atomic mass is 10.2. The molecule has 1 rings (SSSR count). The van der Waals surface area contributed by atoms with Crippen molar-refractivity contribution < 1.29 is 9.12 Å². The Morgan fingerprint density at radius 1 is 1.45 bits per heavy atom. The Kier molecular flexibility index (Phi) is 5.43. The molecule has 0 aliphatic carbocycles. The number of oxazole rings is 1. The molecule has 1 aromatic heterocycles. The molecule has 11 heavy (non-hydrogen) atoms. The summed E-state index contributed by atoms with van der Waals surface area (Å²) in [5.74, 6) is 0.869. The number of unbranched alkanes of at least 4 members (excludes halogenated alkanes) is 2. The molecule has 0 N–H and O–H groups in total. The van der Waals surface area contributed by atoms with Gasteiger partial charge >= 0.3 is 0 Å². The van der Waals surface area contributed by atoms with Crippen LogP contribution in [0.1, 0.15) is 32.1 Å². The van der Waals surface area contributed by atoms with E-state index in [4.69, 9.17) is 4.42 Å². The zero-order chi connectivity index (χ0) is 7.23. The highest BCUT2D eigenvalue weighted by Gasteiger charge is 1.94.